The lowest BCUT2D eigenvalue weighted by Crippen LogP contribution is -2.52. The zero-order valence-corrected chi connectivity index (χ0v) is 17.6. The van der Waals surface area contributed by atoms with Gasteiger partial charge in [-0.3, -0.25) is 4.79 Å². The minimum Gasteiger partial charge on any atom is -0.392 e. The van der Waals surface area contributed by atoms with Crippen molar-refractivity contribution in [3.63, 3.8) is 0 Å². The molecule has 5 rings (SSSR count). The normalized spacial score (nSPS) is 24.9. The third-order valence-corrected chi connectivity index (χ3v) is 6.37. The number of rotatable bonds is 2. The lowest BCUT2D eigenvalue weighted by molar-refractivity contribution is -0.143. The number of aromatic nitrogens is 2. The van der Waals surface area contributed by atoms with Gasteiger partial charge in [0.1, 0.15) is 5.60 Å². The van der Waals surface area contributed by atoms with Crippen LogP contribution in [0.15, 0.2) is 36.5 Å². The fourth-order valence-electron chi connectivity index (χ4n) is 4.73. The summed E-state index contributed by atoms with van der Waals surface area (Å²) in [6.07, 6.45) is 4.28. The molecule has 1 aromatic carbocycles. The molecule has 2 aromatic rings. The van der Waals surface area contributed by atoms with Gasteiger partial charge in [0.25, 0.3) is 0 Å². The van der Waals surface area contributed by atoms with Crippen LogP contribution in [0.2, 0.25) is 0 Å². The Balaban J connectivity index is 0.00000218. The molecule has 1 spiro atoms. The van der Waals surface area contributed by atoms with Gasteiger partial charge in [-0.05, 0) is 31.2 Å². The van der Waals surface area contributed by atoms with Gasteiger partial charge >= 0.3 is 0 Å². The number of β-amino-alcohol motifs (C(OH)–C–C–N with tert-alkyl or cyclic N) is 1. The zero-order valence-electron chi connectivity index (χ0n) is 16.8. The van der Waals surface area contributed by atoms with Crippen LogP contribution in [-0.2, 0) is 21.6 Å². The summed E-state index contributed by atoms with van der Waals surface area (Å²) < 4.78 is 6.31. The molecule has 0 saturated carbocycles. The SMILES string of the molecule is Cl.O=C([C@H]1C[C@@H](O)CN1)N1CCC2(CC1)OCCc1cnc(-c3ccccc3)nc12. The Hall–Kier alpha value is -2.06. The van der Waals surface area contributed by atoms with Crippen molar-refractivity contribution in [1.82, 2.24) is 20.2 Å². The summed E-state index contributed by atoms with van der Waals surface area (Å²) in [6.45, 7) is 2.42. The van der Waals surface area contributed by atoms with Crippen molar-refractivity contribution < 1.29 is 14.6 Å². The molecule has 3 aliphatic heterocycles. The predicted octanol–water partition coefficient (Wildman–Crippen LogP) is 1.68. The van der Waals surface area contributed by atoms with Gasteiger partial charge < -0.3 is 20.1 Å². The largest absolute Gasteiger partial charge is 0.392 e. The van der Waals surface area contributed by atoms with Crippen molar-refractivity contribution in [2.45, 2.75) is 43.4 Å². The number of amides is 1. The van der Waals surface area contributed by atoms with E-state index >= 15 is 0 Å². The van der Waals surface area contributed by atoms with Crippen molar-refractivity contribution >= 4 is 18.3 Å². The maximum absolute atomic E-state index is 12.8. The van der Waals surface area contributed by atoms with Crippen LogP contribution in [0.4, 0.5) is 0 Å². The van der Waals surface area contributed by atoms with Gasteiger partial charge in [-0.15, -0.1) is 12.4 Å². The summed E-state index contributed by atoms with van der Waals surface area (Å²) in [5, 5.41) is 12.8. The van der Waals surface area contributed by atoms with Gasteiger partial charge in [0.05, 0.1) is 24.4 Å². The first-order chi connectivity index (χ1) is 14.1. The highest BCUT2D eigenvalue weighted by Crippen LogP contribution is 2.41. The maximum Gasteiger partial charge on any atom is 0.239 e. The summed E-state index contributed by atoms with van der Waals surface area (Å²) in [4.78, 5) is 24.2. The van der Waals surface area contributed by atoms with Crippen LogP contribution in [-0.4, -0.2) is 64.3 Å². The monoisotopic (exact) mass is 430 g/mol. The average molecular weight is 431 g/mol. The molecular weight excluding hydrogens is 404 g/mol. The second-order valence-corrected chi connectivity index (χ2v) is 8.20. The second kappa shape index (κ2) is 8.59. The van der Waals surface area contributed by atoms with E-state index < -0.39 is 11.7 Å². The number of ether oxygens (including phenoxy) is 1. The molecule has 1 aromatic heterocycles. The molecule has 2 atom stereocenters. The van der Waals surface area contributed by atoms with Crippen molar-refractivity contribution in [3.8, 4) is 11.4 Å². The van der Waals surface area contributed by atoms with Crippen LogP contribution >= 0.6 is 12.4 Å². The number of hydrogen-bond donors (Lipinski definition) is 2. The van der Waals surface area contributed by atoms with E-state index in [0.717, 1.165) is 41.9 Å². The van der Waals surface area contributed by atoms with Crippen molar-refractivity contribution in [2.75, 3.05) is 26.2 Å². The molecular formula is C22H27ClN4O3. The Labute approximate surface area is 182 Å². The number of benzene rings is 1. The summed E-state index contributed by atoms with van der Waals surface area (Å²) in [5.74, 6) is 0.803. The van der Waals surface area contributed by atoms with Gasteiger partial charge in [0.2, 0.25) is 5.91 Å². The first-order valence-electron chi connectivity index (χ1n) is 10.4. The lowest BCUT2D eigenvalue weighted by atomic mass is 9.83. The summed E-state index contributed by atoms with van der Waals surface area (Å²) >= 11 is 0. The molecule has 0 bridgehead atoms. The minimum absolute atomic E-state index is 0. The fourth-order valence-corrected chi connectivity index (χ4v) is 4.73. The van der Waals surface area contributed by atoms with Crippen LogP contribution in [0.3, 0.4) is 0 Å². The molecule has 160 valence electrons. The molecule has 7 nitrogen and oxygen atoms in total. The molecule has 0 radical (unpaired) electrons. The molecule has 2 saturated heterocycles. The number of carbonyl (C=O) groups excluding carboxylic acids is 1. The number of nitrogens with zero attached hydrogens (tertiary/aromatic N) is 3. The van der Waals surface area contributed by atoms with Gasteiger partial charge in [-0.2, -0.15) is 0 Å². The molecule has 2 fully saturated rings. The van der Waals surface area contributed by atoms with Crippen LogP contribution in [0.1, 0.15) is 30.5 Å². The third-order valence-electron chi connectivity index (χ3n) is 6.37. The standard InChI is InChI=1S/C22H26N4O3.ClH/c27-17-12-18(23-14-17)21(28)26-9-7-22(8-10-26)19-16(6-11-29-22)13-24-20(25-19)15-4-2-1-3-5-15;/h1-5,13,17-18,23,27H,6-12,14H2;1H/t17-,18-;/m1./s1. The number of nitrogens with one attached hydrogen (secondary N) is 1. The van der Waals surface area contributed by atoms with E-state index in [0.29, 0.717) is 32.7 Å². The molecule has 8 heteroatoms. The topological polar surface area (TPSA) is 87.6 Å². The Kier molecular flexibility index (Phi) is 6.06. The van der Waals surface area contributed by atoms with Crippen molar-refractivity contribution in [2.24, 2.45) is 0 Å². The molecule has 2 N–H and O–H groups in total. The smallest absolute Gasteiger partial charge is 0.239 e. The average Bonchev–Trinajstić information content (AvgIpc) is 3.21. The summed E-state index contributed by atoms with van der Waals surface area (Å²) in [6, 6.07) is 9.72. The van der Waals surface area contributed by atoms with Gasteiger partial charge in [0.15, 0.2) is 5.82 Å². The van der Waals surface area contributed by atoms with Gasteiger partial charge in [0, 0.05) is 31.4 Å². The Morgan fingerprint density at radius 1 is 1.23 bits per heavy atom. The maximum atomic E-state index is 12.8. The van der Waals surface area contributed by atoms with Crippen LogP contribution < -0.4 is 5.32 Å². The second-order valence-electron chi connectivity index (χ2n) is 8.20. The molecule has 0 aliphatic carbocycles. The summed E-state index contributed by atoms with van der Waals surface area (Å²) in [7, 11) is 0. The fraction of sp³-hybridized carbons (Fsp3) is 0.500. The van der Waals surface area contributed by atoms with E-state index in [1.807, 2.05) is 41.4 Å². The number of hydrogen-bond acceptors (Lipinski definition) is 6. The van der Waals surface area contributed by atoms with E-state index in [4.69, 9.17) is 9.72 Å². The highest BCUT2D eigenvalue weighted by molar-refractivity contribution is 5.85. The molecule has 4 heterocycles. The van der Waals surface area contributed by atoms with Gasteiger partial charge in [-0.25, -0.2) is 9.97 Å². The quantitative estimate of drug-likeness (QED) is 0.753. The summed E-state index contributed by atoms with van der Waals surface area (Å²) in [5.41, 5.74) is 2.68. The van der Waals surface area contributed by atoms with E-state index in [-0.39, 0.29) is 24.4 Å². The number of piperidine rings is 1. The first-order valence-corrected chi connectivity index (χ1v) is 10.4. The first kappa shape index (κ1) is 21.2. The van der Waals surface area contributed by atoms with Crippen molar-refractivity contribution in [1.29, 1.82) is 0 Å². The number of aliphatic hydroxyl groups is 1. The number of fused-ring (bicyclic) bond motifs is 2. The Morgan fingerprint density at radius 3 is 2.70 bits per heavy atom. The minimum atomic E-state index is -0.445. The lowest BCUT2D eigenvalue weighted by Gasteiger charge is -2.44. The zero-order chi connectivity index (χ0) is 19.8. The van der Waals surface area contributed by atoms with Gasteiger partial charge in [-0.1, -0.05) is 30.3 Å². The highest BCUT2D eigenvalue weighted by atomic mass is 35.5. The molecule has 3 aliphatic rings. The highest BCUT2D eigenvalue weighted by Gasteiger charge is 2.44. The van der Waals surface area contributed by atoms with E-state index in [9.17, 15) is 9.90 Å². The molecule has 1 amide bonds. The van der Waals surface area contributed by atoms with E-state index in [2.05, 4.69) is 10.3 Å². The molecule has 0 unspecified atom stereocenters. The van der Waals surface area contributed by atoms with E-state index in [1.165, 1.54) is 0 Å². The number of aliphatic hydroxyl groups excluding tert-OH is 1. The third kappa shape index (κ3) is 3.83. The Bertz CT molecular complexity index is 903. The predicted molar refractivity (Wildman–Crippen MR) is 114 cm³/mol. The van der Waals surface area contributed by atoms with Crippen LogP contribution in [0.25, 0.3) is 11.4 Å². The number of carbonyl (C=O) groups is 1. The van der Waals surface area contributed by atoms with E-state index in [1.54, 1.807) is 0 Å². The van der Waals surface area contributed by atoms with Crippen LogP contribution in [0, 0.1) is 0 Å². The number of halogens is 1. The Morgan fingerprint density at radius 2 is 2.00 bits per heavy atom. The molecule has 30 heavy (non-hydrogen) atoms. The number of likely N-dealkylation sites (tertiary alicyclic amines) is 1. The van der Waals surface area contributed by atoms with Crippen LogP contribution in [0.5, 0.6) is 0 Å². The van der Waals surface area contributed by atoms with Crippen molar-refractivity contribution in [3.05, 3.63) is 47.8 Å².